The van der Waals surface area contributed by atoms with E-state index in [1.54, 1.807) is 31.3 Å². The molecule has 6 nitrogen and oxygen atoms in total. The lowest BCUT2D eigenvalue weighted by molar-refractivity contribution is -0.135. The van der Waals surface area contributed by atoms with Gasteiger partial charge in [-0.3, -0.25) is 14.4 Å². The van der Waals surface area contributed by atoms with Crippen molar-refractivity contribution >= 4 is 23.3 Å². The molecule has 2 aromatic rings. The number of nitrogens with one attached hydrogen (secondary N) is 1. The number of benzene rings is 2. The Bertz CT molecular complexity index is 865. The van der Waals surface area contributed by atoms with Gasteiger partial charge in [0.1, 0.15) is 5.75 Å². The standard InChI is InChI=1S/C22H26N2O4/c1-14-10-15(2)22(16(3)11-14)23-20(26)12-24(5)21(27)13-28-19-8-6-18(7-9-19)17(4)25/h6-11H,12-13H2,1-5H3,(H,23,26). The number of likely N-dealkylation sites (N-methyl/N-ethyl adjacent to an activating group) is 1. The fraction of sp³-hybridized carbons (Fsp3) is 0.318. The summed E-state index contributed by atoms with van der Waals surface area (Å²) < 4.78 is 5.44. The third kappa shape index (κ3) is 5.67. The Balaban J connectivity index is 1.88. The summed E-state index contributed by atoms with van der Waals surface area (Å²) in [6.45, 7) is 7.11. The monoisotopic (exact) mass is 382 g/mol. The molecule has 0 aliphatic heterocycles. The minimum absolute atomic E-state index is 0.0348. The maximum atomic E-state index is 12.3. The number of carbonyl (C=O) groups is 3. The highest BCUT2D eigenvalue weighted by Gasteiger charge is 2.15. The van der Waals surface area contributed by atoms with Crippen molar-refractivity contribution in [3.63, 3.8) is 0 Å². The molecule has 6 heteroatoms. The highest BCUT2D eigenvalue weighted by atomic mass is 16.5. The number of nitrogens with zero attached hydrogens (tertiary/aromatic N) is 1. The van der Waals surface area contributed by atoms with Gasteiger partial charge >= 0.3 is 0 Å². The molecule has 0 saturated carbocycles. The Morgan fingerprint density at radius 3 is 2.11 bits per heavy atom. The summed E-state index contributed by atoms with van der Waals surface area (Å²) in [6.07, 6.45) is 0. The number of Topliss-reactive ketones (excluding diaryl/α,β-unsaturated/α-hetero) is 1. The lowest BCUT2D eigenvalue weighted by atomic mass is 10.1. The first-order valence-electron chi connectivity index (χ1n) is 9.03. The van der Waals surface area contributed by atoms with Gasteiger partial charge < -0.3 is 15.0 Å². The number of carbonyl (C=O) groups excluding carboxylic acids is 3. The zero-order valence-electron chi connectivity index (χ0n) is 17.0. The van der Waals surface area contributed by atoms with Gasteiger partial charge in [-0.2, -0.15) is 0 Å². The average Bonchev–Trinajstić information content (AvgIpc) is 2.62. The van der Waals surface area contributed by atoms with E-state index in [0.29, 0.717) is 11.3 Å². The number of hydrogen-bond donors (Lipinski definition) is 1. The minimum atomic E-state index is -0.317. The van der Waals surface area contributed by atoms with Crippen molar-refractivity contribution in [1.29, 1.82) is 0 Å². The SMILES string of the molecule is CC(=O)c1ccc(OCC(=O)N(C)CC(=O)Nc2c(C)cc(C)cc2C)cc1. The lowest BCUT2D eigenvalue weighted by Crippen LogP contribution is -2.37. The second kappa shape index (κ2) is 9.17. The van der Waals surface area contributed by atoms with Crippen LogP contribution < -0.4 is 10.1 Å². The first-order valence-corrected chi connectivity index (χ1v) is 9.03. The Labute approximate surface area is 165 Å². The summed E-state index contributed by atoms with van der Waals surface area (Å²) in [7, 11) is 1.55. The molecule has 2 amide bonds. The molecule has 0 atom stereocenters. The Hall–Kier alpha value is -3.15. The molecule has 0 radical (unpaired) electrons. The van der Waals surface area contributed by atoms with Crippen molar-refractivity contribution in [2.45, 2.75) is 27.7 Å². The quantitative estimate of drug-likeness (QED) is 0.746. The van der Waals surface area contributed by atoms with Crippen molar-refractivity contribution in [1.82, 2.24) is 4.90 Å². The van der Waals surface area contributed by atoms with Crippen molar-refractivity contribution in [3.8, 4) is 5.75 Å². The van der Waals surface area contributed by atoms with Crippen LogP contribution in [0.1, 0.15) is 34.0 Å². The van der Waals surface area contributed by atoms with Crippen LogP contribution in [0.4, 0.5) is 5.69 Å². The normalized spacial score (nSPS) is 10.3. The molecule has 2 aromatic carbocycles. The van der Waals surface area contributed by atoms with Crippen LogP contribution >= 0.6 is 0 Å². The molecule has 0 aliphatic carbocycles. The third-order valence-electron chi connectivity index (χ3n) is 4.37. The van der Waals surface area contributed by atoms with E-state index in [1.165, 1.54) is 11.8 Å². The van der Waals surface area contributed by atoms with Gasteiger partial charge in [-0.05, 0) is 63.1 Å². The van der Waals surface area contributed by atoms with E-state index in [4.69, 9.17) is 4.74 Å². The number of ketones is 1. The van der Waals surface area contributed by atoms with E-state index in [2.05, 4.69) is 5.32 Å². The molecule has 0 fully saturated rings. The van der Waals surface area contributed by atoms with Crippen LogP contribution in [0, 0.1) is 20.8 Å². The van der Waals surface area contributed by atoms with Crippen LogP contribution in [0.5, 0.6) is 5.75 Å². The largest absolute Gasteiger partial charge is 0.484 e. The molecule has 0 saturated heterocycles. The maximum Gasteiger partial charge on any atom is 0.260 e. The molecule has 1 N–H and O–H groups in total. The van der Waals surface area contributed by atoms with Crippen LogP contribution in [0.2, 0.25) is 0 Å². The summed E-state index contributed by atoms with van der Waals surface area (Å²) in [6, 6.07) is 10.6. The summed E-state index contributed by atoms with van der Waals surface area (Å²) in [5.41, 5.74) is 4.45. The van der Waals surface area contributed by atoms with Crippen LogP contribution in [0.25, 0.3) is 0 Å². The molecule has 148 valence electrons. The number of aryl methyl sites for hydroxylation is 3. The van der Waals surface area contributed by atoms with Gasteiger partial charge in [0, 0.05) is 18.3 Å². The Morgan fingerprint density at radius 1 is 1.00 bits per heavy atom. The number of anilines is 1. The van der Waals surface area contributed by atoms with E-state index >= 15 is 0 Å². The van der Waals surface area contributed by atoms with Gasteiger partial charge in [0.15, 0.2) is 12.4 Å². The molecule has 0 spiro atoms. The van der Waals surface area contributed by atoms with E-state index in [1.807, 2.05) is 32.9 Å². The molecule has 0 aromatic heterocycles. The number of hydrogen-bond acceptors (Lipinski definition) is 4. The van der Waals surface area contributed by atoms with Gasteiger partial charge in [-0.25, -0.2) is 0 Å². The van der Waals surface area contributed by atoms with Crippen LogP contribution in [0.3, 0.4) is 0 Å². The van der Waals surface area contributed by atoms with Crippen LogP contribution in [-0.4, -0.2) is 42.7 Å². The minimum Gasteiger partial charge on any atom is -0.484 e. The van der Waals surface area contributed by atoms with Gasteiger partial charge in [0.05, 0.1) is 6.54 Å². The summed E-state index contributed by atoms with van der Waals surface area (Å²) in [4.78, 5) is 37.1. The first-order chi connectivity index (χ1) is 13.2. The first kappa shape index (κ1) is 21.2. The fourth-order valence-electron chi connectivity index (χ4n) is 2.90. The summed E-state index contributed by atoms with van der Waals surface area (Å²) >= 11 is 0. The van der Waals surface area contributed by atoms with Crippen molar-refractivity contribution in [3.05, 3.63) is 58.7 Å². The van der Waals surface area contributed by atoms with Crippen molar-refractivity contribution < 1.29 is 19.1 Å². The van der Waals surface area contributed by atoms with Crippen LogP contribution in [-0.2, 0) is 9.59 Å². The molecule has 0 bridgehead atoms. The second-order valence-electron chi connectivity index (χ2n) is 6.94. The predicted octanol–water partition coefficient (Wildman–Crippen LogP) is 3.29. The van der Waals surface area contributed by atoms with Crippen LogP contribution in [0.15, 0.2) is 36.4 Å². The molecular weight excluding hydrogens is 356 g/mol. The van der Waals surface area contributed by atoms with Crippen molar-refractivity contribution in [2.75, 3.05) is 25.5 Å². The molecule has 2 rings (SSSR count). The zero-order chi connectivity index (χ0) is 20.8. The van der Waals surface area contributed by atoms with Gasteiger partial charge in [0.25, 0.3) is 5.91 Å². The third-order valence-corrected chi connectivity index (χ3v) is 4.37. The topological polar surface area (TPSA) is 75.7 Å². The molecule has 0 unspecified atom stereocenters. The van der Waals surface area contributed by atoms with E-state index < -0.39 is 0 Å². The molecule has 28 heavy (non-hydrogen) atoms. The molecule has 0 heterocycles. The average molecular weight is 382 g/mol. The molecule has 0 aliphatic rings. The predicted molar refractivity (Wildman–Crippen MR) is 109 cm³/mol. The van der Waals surface area contributed by atoms with Gasteiger partial charge in [-0.1, -0.05) is 17.7 Å². The van der Waals surface area contributed by atoms with Gasteiger partial charge in [-0.15, -0.1) is 0 Å². The number of rotatable bonds is 7. The number of amides is 2. The maximum absolute atomic E-state index is 12.3. The Kier molecular flexibility index (Phi) is 6.93. The second-order valence-corrected chi connectivity index (χ2v) is 6.94. The highest BCUT2D eigenvalue weighted by Crippen LogP contribution is 2.21. The zero-order valence-corrected chi connectivity index (χ0v) is 17.0. The van der Waals surface area contributed by atoms with E-state index in [0.717, 1.165) is 22.4 Å². The lowest BCUT2D eigenvalue weighted by Gasteiger charge is -2.18. The fourth-order valence-corrected chi connectivity index (χ4v) is 2.90. The summed E-state index contributed by atoms with van der Waals surface area (Å²) in [5.74, 6) is -0.130. The summed E-state index contributed by atoms with van der Waals surface area (Å²) in [5, 5.41) is 2.88. The van der Waals surface area contributed by atoms with Crippen molar-refractivity contribution in [2.24, 2.45) is 0 Å². The van der Waals surface area contributed by atoms with Gasteiger partial charge in [0.2, 0.25) is 5.91 Å². The smallest absolute Gasteiger partial charge is 0.260 e. The Morgan fingerprint density at radius 2 is 1.57 bits per heavy atom. The van der Waals surface area contributed by atoms with E-state index in [9.17, 15) is 14.4 Å². The molecular formula is C22H26N2O4. The van der Waals surface area contributed by atoms with E-state index in [-0.39, 0.29) is 30.7 Å². The highest BCUT2D eigenvalue weighted by molar-refractivity contribution is 5.96. The number of ether oxygens (including phenoxy) is 1.